The van der Waals surface area contributed by atoms with Crippen molar-refractivity contribution in [3.8, 4) is 0 Å². The van der Waals surface area contributed by atoms with Crippen LogP contribution < -0.4 is 10.2 Å². The molecule has 2 aliphatic heterocycles. The van der Waals surface area contributed by atoms with Gasteiger partial charge in [-0.1, -0.05) is 18.0 Å². The number of aliphatic hydroxyl groups excluding tert-OH is 1. The summed E-state index contributed by atoms with van der Waals surface area (Å²) >= 11 is 6.37. The van der Waals surface area contributed by atoms with E-state index in [1.807, 2.05) is 0 Å². The summed E-state index contributed by atoms with van der Waals surface area (Å²) in [7, 11) is 0. The first-order valence-corrected chi connectivity index (χ1v) is 9.08. The fourth-order valence-corrected chi connectivity index (χ4v) is 3.83. The van der Waals surface area contributed by atoms with Crippen LogP contribution in [0.4, 0.5) is 11.4 Å². The third-order valence-electron chi connectivity index (χ3n) is 4.87. The summed E-state index contributed by atoms with van der Waals surface area (Å²) in [5, 5.41) is 13.5. The molecule has 1 aromatic carbocycles. The van der Waals surface area contributed by atoms with Crippen molar-refractivity contribution >= 4 is 34.8 Å². The molecule has 2 unspecified atom stereocenters. The van der Waals surface area contributed by atoms with Crippen molar-refractivity contribution in [3.63, 3.8) is 0 Å². The lowest BCUT2D eigenvalue weighted by Crippen LogP contribution is -2.43. The van der Waals surface area contributed by atoms with Crippen LogP contribution in [-0.4, -0.2) is 50.7 Å². The molecule has 2 fully saturated rings. The molecule has 0 aliphatic carbocycles. The van der Waals surface area contributed by atoms with Crippen molar-refractivity contribution in [1.82, 2.24) is 14.9 Å². The maximum Gasteiger partial charge on any atom is 0.274 e. The Kier molecular flexibility index (Phi) is 4.77. The molecule has 140 valence electrons. The lowest BCUT2D eigenvalue weighted by molar-refractivity contribution is -0.120. The van der Waals surface area contributed by atoms with Crippen molar-refractivity contribution in [2.45, 2.75) is 31.7 Å². The van der Waals surface area contributed by atoms with Crippen LogP contribution in [0.25, 0.3) is 0 Å². The largest absolute Gasteiger partial charge is 0.360 e. The SMILES string of the molecule is O=C(Nc1ccc(N2C(=O)C3CCCCN3C2O)c(Cl)c1)c1ccncn1. The number of anilines is 2. The van der Waals surface area contributed by atoms with Crippen LogP contribution in [0.3, 0.4) is 0 Å². The highest BCUT2D eigenvalue weighted by atomic mass is 35.5. The van der Waals surface area contributed by atoms with Gasteiger partial charge < -0.3 is 10.4 Å². The van der Waals surface area contributed by atoms with Crippen LogP contribution >= 0.6 is 11.6 Å². The minimum absolute atomic E-state index is 0.151. The zero-order valence-electron chi connectivity index (χ0n) is 14.4. The van der Waals surface area contributed by atoms with Crippen molar-refractivity contribution in [2.24, 2.45) is 0 Å². The summed E-state index contributed by atoms with van der Waals surface area (Å²) in [5.74, 6) is -0.544. The quantitative estimate of drug-likeness (QED) is 0.834. The van der Waals surface area contributed by atoms with Gasteiger partial charge in [0, 0.05) is 18.4 Å². The van der Waals surface area contributed by atoms with Crippen molar-refractivity contribution in [2.75, 3.05) is 16.8 Å². The third-order valence-corrected chi connectivity index (χ3v) is 5.18. The number of hydrogen-bond acceptors (Lipinski definition) is 6. The molecular weight excluding hydrogens is 370 g/mol. The second kappa shape index (κ2) is 7.22. The van der Waals surface area contributed by atoms with Crippen molar-refractivity contribution in [1.29, 1.82) is 0 Å². The van der Waals surface area contributed by atoms with Crippen molar-refractivity contribution in [3.05, 3.63) is 47.5 Å². The molecule has 0 saturated carbocycles. The molecule has 2 saturated heterocycles. The molecule has 27 heavy (non-hydrogen) atoms. The molecule has 2 aliphatic rings. The number of hydrogen-bond donors (Lipinski definition) is 2. The summed E-state index contributed by atoms with van der Waals surface area (Å²) in [4.78, 5) is 35.7. The van der Waals surface area contributed by atoms with Gasteiger partial charge in [0.05, 0.1) is 16.8 Å². The lowest BCUT2D eigenvalue weighted by atomic mass is 10.0. The maximum atomic E-state index is 12.7. The number of carbonyl (C=O) groups is 2. The van der Waals surface area contributed by atoms with E-state index in [9.17, 15) is 14.7 Å². The third kappa shape index (κ3) is 3.27. The number of aliphatic hydroxyl groups is 1. The molecule has 3 heterocycles. The number of piperidine rings is 1. The van der Waals surface area contributed by atoms with Gasteiger partial charge in [0.25, 0.3) is 5.91 Å². The number of carbonyl (C=O) groups excluding carboxylic acids is 2. The molecule has 9 heteroatoms. The smallest absolute Gasteiger partial charge is 0.274 e. The fraction of sp³-hybridized carbons (Fsp3) is 0.333. The lowest BCUT2D eigenvalue weighted by Gasteiger charge is -2.29. The van der Waals surface area contributed by atoms with E-state index in [0.717, 1.165) is 19.3 Å². The molecular formula is C18H18ClN5O3. The standard InChI is InChI=1S/C18H18ClN5O3/c19-12-9-11(22-16(25)13-6-7-20-10-21-13)4-5-14(12)24-17(26)15-3-1-2-8-23(15)18(24)27/h4-7,9-10,15,18,27H,1-3,8H2,(H,22,25). The summed E-state index contributed by atoms with van der Waals surface area (Å²) in [5.41, 5.74) is 1.11. The number of nitrogens with zero attached hydrogens (tertiary/aromatic N) is 4. The predicted molar refractivity (Wildman–Crippen MR) is 99.3 cm³/mol. The minimum atomic E-state index is -1.03. The topological polar surface area (TPSA) is 98.7 Å². The first-order chi connectivity index (χ1) is 13.1. The van der Waals surface area contributed by atoms with Gasteiger partial charge in [0.1, 0.15) is 12.0 Å². The number of nitrogens with one attached hydrogen (secondary N) is 1. The fourth-order valence-electron chi connectivity index (χ4n) is 3.56. The van der Waals surface area contributed by atoms with E-state index >= 15 is 0 Å². The highest BCUT2D eigenvalue weighted by Gasteiger charge is 2.47. The average molecular weight is 388 g/mol. The van der Waals surface area contributed by atoms with Gasteiger partial charge in [-0.3, -0.25) is 14.5 Å². The molecule has 0 spiro atoms. The maximum absolute atomic E-state index is 12.7. The van der Waals surface area contributed by atoms with Crippen LogP contribution in [0, 0.1) is 0 Å². The van der Waals surface area contributed by atoms with Crippen LogP contribution in [0.2, 0.25) is 5.02 Å². The van der Waals surface area contributed by atoms with Crippen LogP contribution in [0.15, 0.2) is 36.8 Å². The number of amides is 2. The zero-order chi connectivity index (χ0) is 19.0. The van der Waals surface area contributed by atoms with E-state index in [1.165, 1.54) is 23.5 Å². The van der Waals surface area contributed by atoms with E-state index in [0.29, 0.717) is 17.9 Å². The average Bonchev–Trinajstić information content (AvgIpc) is 2.94. The summed E-state index contributed by atoms with van der Waals surface area (Å²) in [6, 6.07) is 6.00. The Morgan fingerprint density at radius 3 is 2.85 bits per heavy atom. The second-order valence-electron chi connectivity index (χ2n) is 6.52. The van der Waals surface area contributed by atoms with Gasteiger partial charge in [-0.2, -0.15) is 0 Å². The van der Waals surface area contributed by atoms with Gasteiger partial charge in [0.15, 0.2) is 6.35 Å². The first-order valence-electron chi connectivity index (χ1n) is 8.70. The van der Waals surface area contributed by atoms with Crippen LogP contribution in [-0.2, 0) is 4.79 Å². The molecule has 4 rings (SSSR count). The summed E-state index contributed by atoms with van der Waals surface area (Å²) < 4.78 is 0. The monoisotopic (exact) mass is 387 g/mol. The molecule has 1 aromatic heterocycles. The molecule has 2 aromatic rings. The van der Waals surface area contributed by atoms with E-state index in [4.69, 9.17) is 11.6 Å². The molecule has 2 atom stereocenters. The normalized spacial score (nSPS) is 22.6. The highest BCUT2D eigenvalue weighted by molar-refractivity contribution is 6.34. The highest BCUT2D eigenvalue weighted by Crippen LogP contribution is 2.37. The minimum Gasteiger partial charge on any atom is -0.360 e. The summed E-state index contributed by atoms with van der Waals surface area (Å²) in [6.45, 7) is 0.679. The predicted octanol–water partition coefficient (Wildman–Crippen LogP) is 1.86. The number of benzene rings is 1. The summed E-state index contributed by atoms with van der Waals surface area (Å²) in [6.07, 6.45) is 4.40. The number of halogens is 1. The Labute approximate surface area is 160 Å². The second-order valence-corrected chi connectivity index (χ2v) is 6.93. The Bertz CT molecular complexity index is 879. The molecule has 2 N–H and O–H groups in total. The number of aromatic nitrogens is 2. The van der Waals surface area contributed by atoms with Gasteiger partial charge in [0.2, 0.25) is 5.91 Å². The van der Waals surface area contributed by atoms with Crippen LogP contribution in [0.5, 0.6) is 0 Å². The van der Waals surface area contributed by atoms with E-state index in [1.54, 1.807) is 23.1 Å². The van der Waals surface area contributed by atoms with Gasteiger partial charge >= 0.3 is 0 Å². The van der Waals surface area contributed by atoms with Crippen molar-refractivity contribution < 1.29 is 14.7 Å². The molecule has 2 amide bonds. The van der Waals surface area contributed by atoms with Gasteiger partial charge in [-0.25, -0.2) is 14.9 Å². The Balaban J connectivity index is 1.55. The van der Waals surface area contributed by atoms with E-state index in [2.05, 4.69) is 15.3 Å². The van der Waals surface area contributed by atoms with Gasteiger partial charge in [-0.15, -0.1) is 0 Å². The number of fused-ring (bicyclic) bond motifs is 1. The van der Waals surface area contributed by atoms with E-state index < -0.39 is 12.3 Å². The Hall–Kier alpha value is -2.55. The van der Waals surface area contributed by atoms with Crippen LogP contribution in [0.1, 0.15) is 29.8 Å². The Morgan fingerprint density at radius 2 is 2.15 bits per heavy atom. The zero-order valence-corrected chi connectivity index (χ0v) is 15.1. The Morgan fingerprint density at radius 1 is 1.30 bits per heavy atom. The molecule has 0 radical (unpaired) electrons. The number of rotatable bonds is 3. The van der Waals surface area contributed by atoms with E-state index in [-0.39, 0.29) is 22.7 Å². The van der Waals surface area contributed by atoms with Gasteiger partial charge in [-0.05, 0) is 37.1 Å². The first kappa shape index (κ1) is 17.8. The molecule has 0 bridgehead atoms. The molecule has 8 nitrogen and oxygen atoms in total.